The first-order chi connectivity index (χ1) is 13.7. The number of amides is 2. The number of halogens is 2. The number of hydrazone groups is 1. The highest BCUT2D eigenvalue weighted by Gasteiger charge is 2.27. The molecule has 8 heteroatoms. The van der Waals surface area contributed by atoms with E-state index >= 15 is 0 Å². The van der Waals surface area contributed by atoms with Gasteiger partial charge in [-0.05, 0) is 52.0 Å². The van der Waals surface area contributed by atoms with E-state index in [2.05, 4.69) is 5.10 Å². The molecule has 0 spiro atoms. The van der Waals surface area contributed by atoms with Crippen molar-refractivity contribution in [2.24, 2.45) is 5.10 Å². The van der Waals surface area contributed by atoms with Crippen LogP contribution in [0, 0.1) is 0 Å². The molecule has 0 radical (unpaired) electrons. The molecule has 2 rings (SSSR count). The molecule has 0 fully saturated rings. The van der Waals surface area contributed by atoms with Crippen LogP contribution in [0.1, 0.15) is 38.8 Å². The Morgan fingerprint density at radius 3 is 1.41 bits per heavy atom. The molecule has 0 saturated heterocycles. The molecule has 0 aliphatic carbocycles. The summed E-state index contributed by atoms with van der Waals surface area (Å²) in [5, 5.41) is 5.96. The SMILES string of the molecule is CC(C)OC(=O)N(N=C(c1ccc(Cl)cc1)c1ccc(Cl)cc1)C(=O)OC(C)C. The lowest BCUT2D eigenvalue weighted by Crippen LogP contribution is -2.37. The summed E-state index contributed by atoms with van der Waals surface area (Å²) in [6, 6.07) is 13.7. The molecule has 0 atom stereocenters. The van der Waals surface area contributed by atoms with Gasteiger partial charge < -0.3 is 9.47 Å². The molecule has 2 aromatic carbocycles. The summed E-state index contributed by atoms with van der Waals surface area (Å²) in [6.45, 7) is 6.69. The van der Waals surface area contributed by atoms with Crippen molar-refractivity contribution < 1.29 is 19.1 Å². The Morgan fingerprint density at radius 2 is 1.10 bits per heavy atom. The molecule has 0 aliphatic rings. The number of ether oxygens (including phenoxy) is 2. The second kappa shape index (κ2) is 10.3. The van der Waals surface area contributed by atoms with Crippen LogP contribution in [0.4, 0.5) is 9.59 Å². The van der Waals surface area contributed by atoms with Crippen LogP contribution in [0.3, 0.4) is 0 Å². The molecule has 2 aromatic rings. The van der Waals surface area contributed by atoms with Gasteiger partial charge in [-0.3, -0.25) is 0 Å². The number of nitrogens with zero attached hydrogens (tertiary/aromatic N) is 2. The van der Waals surface area contributed by atoms with E-state index in [1.165, 1.54) is 0 Å². The average Bonchev–Trinajstić information content (AvgIpc) is 2.63. The van der Waals surface area contributed by atoms with Gasteiger partial charge in [0.25, 0.3) is 0 Å². The summed E-state index contributed by atoms with van der Waals surface area (Å²) in [5.41, 5.74) is 1.62. The fourth-order valence-electron chi connectivity index (χ4n) is 2.26. The molecule has 29 heavy (non-hydrogen) atoms. The summed E-state index contributed by atoms with van der Waals surface area (Å²) in [7, 11) is 0. The van der Waals surface area contributed by atoms with Crippen LogP contribution < -0.4 is 0 Å². The van der Waals surface area contributed by atoms with Crippen molar-refractivity contribution in [3.63, 3.8) is 0 Å². The van der Waals surface area contributed by atoms with Crippen molar-refractivity contribution in [3.05, 3.63) is 69.7 Å². The van der Waals surface area contributed by atoms with E-state index in [0.29, 0.717) is 31.9 Å². The van der Waals surface area contributed by atoms with E-state index < -0.39 is 24.4 Å². The molecule has 0 aliphatic heterocycles. The molecule has 0 aromatic heterocycles. The van der Waals surface area contributed by atoms with E-state index in [0.717, 1.165) is 0 Å². The Bertz CT molecular complexity index is 809. The Labute approximate surface area is 180 Å². The smallest absolute Gasteiger partial charge is 0.440 e. The number of carbonyl (C=O) groups is 2. The van der Waals surface area contributed by atoms with E-state index in [1.807, 2.05) is 0 Å². The highest BCUT2D eigenvalue weighted by atomic mass is 35.5. The summed E-state index contributed by atoms with van der Waals surface area (Å²) < 4.78 is 10.3. The second-order valence-electron chi connectivity index (χ2n) is 6.64. The lowest BCUT2D eigenvalue weighted by Gasteiger charge is -2.20. The molecule has 6 nitrogen and oxygen atoms in total. The van der Waals surface area contributed by atoms with Crippen molar-refractivity contribution in [1.82, 2.24) is 5.01 Å². The Morgan fingerprint density at radius 1 is 0.759 bits per heavy atom. The zero-order chi connectivity index (χ0) is 21.6. The maximum absolute atomic E-state index is 12.5. The van der Waals surface area contributed by atoms with Gasteiger partial charge >= 0.3 is 12.2 Å². The molecule has 2 amide bonds. The predicted octanol–water partition coefficient (Wildman–Crippen LogP) is 6.14. The van der Waals surface area contributed by atoms with Gasteiger partial charge in [-0.2, -0.15) is 5.10 Å². The van der Waals surface area contributed by atoms with Crippen LogP contribution in [0.15, 0.2) is 53.6 Å². The summed E-state index contributed by atoms with van der Waals surface area (Å²) >= 11 is 12.0. The molecule has 0 bridgehead atoms. The summed E-state index contributed by atoms with van der Waals surface area (Å²) in [4.78, 5) is 25.1. The van der Waals surface area contributed by atoms with Gasteiger partial charge in [0.15, 0.2) is 0 Å². The van der Waals surface area contributed by atoms with Gasteiger partial charge in [-0.15, -0.1) is 0 Å². The first kappa shape index (κ1) is 22.7. The van der Waals surface area contributed by atoms with Gasteiger partial charge in [0.1, 0.15) is 0 Å². The Hall–Kier alpha value is -2.57. The van der Waals surface area contributed by atoms with Crippen LogP contribution in [0.25, 0.3) is 0 Å². The van der Waals surface area contributed by atoms with Crippen LogP contribution in [-0.4, -0.2) is 35.1 Å². The number of carbonyl (C=O) groups excluding carboxylic acids is 2. The number of imide groups is 1. The highest BCUT2D eigenvalue weighted by molar-refractivity contribution is 6.31. The summed E-state index contributed by atoms with van der Waals surface area (Å²) in [5.74, 6) is 0. The third-order valence-electron chi connectivity index (χ3n) is 3.45. The normalized spacial score (nSPS) is 10.6. The number of rotatable bonds is 5. The van der Waals surface area contributed by atoms with Crippen LogP contribution >= 0.6 is 23.2 Å². The van der Waals surface area contributed by atoms with Gasteiger partial charge in [0.05, 0.1) is 17.9 Å². The van der Waals surface area contributed by atoms with Gasteiger partial charge in [0.2, 0.25) is 0 Å². The molecule has 0 unspecified atom stereocenters. The third-order valence-corrected chi connectivity index (χ3v) is 3.96. The second-order valence-corrected chi connectivity index (χ2v) is 7.51. The van der Waals surface area contributed by atoms with E-state index in [9.17, 15) is 9.59 Å². The highest BCUT2D eigenvalue weighted by Crippen LogP contribution is 2.19. The van der Waals surface area contributed by atoms with Gasteiger partial charge in [-0.1, -0.05) is 52.5 Å². The lowest BCUT2D eigenvalue weighted by atomic mass is 10.0. The van der Waals surface area contributed by atoms with Crippen molar-refractivity contribution in [1.29, 1.82) is 0 Å². The number of benzene rings is 2. The van der Waals surface area contributed by atoms with Gasteiger partial charge in [0, 0.05) is 21.2 Å². The topological polar surface area (TPSA) is 68.2 Å². The maximum atomic E-state index is 12.5. The molecular formula is C21H22Cl2N2O4. The molecule has 0 N–H and O–H groups in total. The Balaban J connectivity index is 2.58. The van der Waals surface area contributed by atoms with E-state index in [-0.39, 0.29) is 0 Å². The van der Waals surface area contributed by atoms with Crippen molar-refractivity contribution >= 4 is 41.1 Å². The monoisotopic (exact) mass is 436 g/mol. The van der Waals surface area contributed by atoms with Gasteiger partial charge in [-0.25, -0.2) is 9.59 Å². The molecule has 154 valence electrons. The fourth-order valence-corrected chi connectivity index (χ4v) is 2.51. The predicted molar refractivity (Wildman–Crippen MR) is 114 cm³/mol. The molecule has 0 saturated carbocycles. The fraction of sp³-hybridized carbons (Fsp3) is 0.286. The third kappa shape index (κ3) is 6.76. The minimum Gasteiger partial charge on any atom is -0.445 e. The van der Waals surface area contributed by atoms with Crippen LogP contribution in [0.5, 0.6) is 0 Å². The van der Waals surface area contributed by atoms with E-state index in [4.69, 9.17) is 32.7 Å². The van der Waals surface area contributed by atoms with Crippen LogP contribution in [0.2, 0.25) is 10.0 Å². The first-order valence-electron chi connectivity index (χ1n) is 8.99. The molecular weight excluding hydrogens is 415 g/mol. The van der Waals surface area contributed by atoms with Crippen molar-refractivity contribution in [2.45, 2.75) is 39.9 Å². The van der Waals surface area contributed by atoms with Crippen LogP contribution in [-0.2, 0) is 9.47 Å². The summed E-state index contributed by atoms with van der Waals surface area (Å²) in [6.07, 6.45) is -2.76. The van der Waals surface area contributed by atoms with E-state index in [1.54, 1.807) is 76.2 Å². The standard InChI is InChI=1S/C21H22Cl2N2O4/c1-13(2)28-20(26)25(21(27)29-14(3)4)24-19(15-5-9-17(22)10-6-15)16-7-11-18(23)12-8-16/h5-14H,1-4H3. The number of hydrogen-bond donors (Lipinski definition) is 0. The van der Waals surface area contributed by atoms with Crippen molar-refractivity contribution in [2.75, 3.05) is 0 Å². The Kier molecular flexibility index (Phi) is 8.05. The largest absolute Gasteiger partial charge is 0.445 e. The average molecular weight is 437 g/mol. The maximum Gasteiger partial charge on any atom is 0.440 e. The first-order valence-corrected chi connectivity index (χ1v) is 9.74. The minimum absolute atomic E-state index is 0.347. The van der Waals surface area contributed by atoms with Crippen molar-refractivity contribution in [3.8, 4) is 0 Å². The zero-order valence-corrected chi connectivity index (χ0v) is 18.1. The zero-order valence-electron chi connectivity index (χ0n) is 16.6. The lowest BCUT2D eigenvalue weighted by molar-refractivity contribution is 0.0518. The number of hydrogen-bond acceptors (Lipinski definition) is 5. The molecule has 0 heterocycles. The minimum atomic E-state index is -0.939. The quantitative estimate of drug-likeness (QED) is 0.416.